The second kappa shape index (κ2) is 2.56. The molecule has 0 saturated carbocycles. The molecule has 0 aromatic carbocycles. The molecule has 2 nitrogen and oxygen atoms in total. The Hall–Kier alpha value is 0.327. The van der Waals surface area contributed by atoms with Gasteiger partial charge in [-0.3, -0.25) is 4.21 Å². The van der Waals surface area contributed by atoms with Crippen molar-refractivity contribution in [3.05, 3.63) is 0 Å². The lowest BCUT2D eigenvalue weighted by molar-refractivity contribution is 0.542. The quantitative estimate of drug-likeness (QED) is 0.317. The van der Waals surface area contributed by atoms with Crippen LogP contribution in [0.4, 0.5) is 0 Å². The molecule has 0 aromatic heterocycles. The number of rotatable bonds is 1. The summed E-state index contributed by atoms with van der Waals surface area (Å²) in [4.78, 5) is 0. The highest BCUT2D eigenvalue weighted by Gasteiger charge is 1.63. The lowest BCUT2D eigenvalue weighted by Gasteiger charge is -1.93. The second-order valence-electron chi connectivity index (χ2n) is 0.448. The fourth-order valence-corrected chi connectivity index (χ4v) is 0. The van der Waals surface area contributed by atoms with Gasteiger partial charge in [0.2, 0.25) is 0 Å². The van der Waals surface area contributed by atoms with E-state index in [9.17, 15) is 8.76 Å². The molecular weight excluding hydrogens is 104 g/mol. The Bertz CT molecular complexity index is 44.9. The van der Waals surface area contributed by atoms with Crippen molar-refractivity contribution in [1.29, 1.82) is 0 Å². The van der Waals surface area contributed by atoms with E-state index in [-0.39, 0.29) is 5.38 Å². The highest BCUT2D eigenvalue weighted by molar-refractivity contribution is 7.80. The van der Waals surface area contributed by atoms with Crippen LogP contribution < -0.4 is 0 Å². The Kier molecular flexibility index (Phi) is 2.73. The van der Waals surface area contributed by atoms with Gasteiger partial charge in [0.25, 0.3) is 0 Å². The van der Waals surface area contributed by atoms with E-state index in [0.717, 1.165) is 0 Å². The average Bonchev–Trinajstić information content (AvgIpc) is 1.38. The summed E-state index contributed by atoms with van der Waals surface area (Å²) in [5, 5.41) is 0.0278. The topological polar surface area (TPSA) is 40.1 Å². The van der Waals surface area contributed by atoms with Crippen LogP contribution in [0.3, 0.4) is 0 Å². The lowest BCUT2D eigenvalue weighted by atomic mass is 11.9. The SMILES string of the molecule is O=S([O-])C[Si]. The van der Waals surface area contributed by atoms with Crippen molar-refractivity contribution in [2.24, 2.45) is 0 Å². The molecule has 1 atom stereocenters. The molecule has 0 saturated heterocycles. The molecule has 0 N–H and O–H groups in total. The fourth-order valence-electron chi connectivity index (χ4n) is 0. The number of hydrogen-bond acceptors (Lipinski definition) is 2. The van der Waals surface area contributed by atoms with Crippen LogP contribution in [0.5, 0.6) is 0 Å². The summed E-state index contributed by atoms with van der Waals surface area (Å²) in [6.07, 6.45) is 0. The van der Waals surface area contributed by atoms with E-state index in [0.29, 0.717) is 0 Å². The van der Waals surface area contributed by atoms with Crippen molar-refractivity contribution in [1.82, 2.24) is 0 Å². The van der Waals surface area contributed by atoms with Gasteiger partial charge in [-0.25, -0.2) is 0 Å². The standard InChI is InChI=1S/CH3O2SSi/c2-4(3)1-5/h1H2,(H,2,3)/p-1. The van der Waals surface area contributed by atoms with Gasteiger partial charge in [-0.15, -0.1) is 0 Å². The first-order valence-corrected chi connectivity index (χ1v) is 2.93. The monoisotopic (exact) mass is 106 g/mol. The van der Waals surface area contributed by atoms with E-state index >= 15 is 0 Å². The predicted octanol–water partition coefficient (Wildman–Crippen LogP) is -1.01. The van der Waals surface area contributed by atoms with Crippen molar-refractivity contribution in [3.8, 4) is 0 Å². The van der Waals surface area contributed by atoms with Crippen LogP contribution in [0.1, 0.15) is 0 Å². The van der Waals surface area contributed by atoms with Gasteiger partial charge in [-0.2, -0.15) is 0 Å². The third-order valence-corrected chi connectivity index (χ3v) is 1.06. The molecular formula is CH2O2SSi-. The van der Waals surface area contributed by atoms with Crippen LogP contribution in [-0.4, -0.2) is 24.4 Å². The lowest BCUT2D eigenvalue weighted by Crippen LogP contribution is -1.91. The number of hydrogen-bond donors (Lipinski definition) is 0. The highest BCUT2D eigenvalue weighted by Crippen LogP contribution is 1.58. The van der Waals surface area contributed by atoms with Crippen LogP contribution in [0, 0.1) is 0 Å². The summed E-state index contributed by atoms with van der Waals surface area (Å²) in [5.41, 5.74) is 0. The van der Waals surface area contributed by atoms with E-state index in [1.165, 1.54) is 0 Å². The Balaban J connectivity index is 2.85. The van der Waals surface area contributed by atoms with E-state index in [1.54, 1.807) is 0 Å². The second-order valence-corrected chi connectivity index (χ2v) is 2.21. The maximum atomic E-state index is 9.32. The minimum absolute atomic E-state index is 0.0278. The summed E-state index contributed by atoms with van der Waals surface area (Å²) in [6.45, 7) is 0. The van der Waals surface area contributed by atoms with Crippen LogP contribution >= 0.6 is 0 Å². The Morgan fingerprint density at radius 3 is 2.20 bits per heavy atom. The van der Waals surface area contributed by atoms with Crippen LogP contribution in [0.15, 0.2) is 0 Å². The van der Waals surface area contributed by atoms with Gasteiger partial charge in [0.1, 0.15) is 0 Å². The first-order chi connectivity index (χ1) is 2.27. The van der Waals surface area contributed by atoms with Crippen molar-refractivity contribution >= 4 is 21.3 Å². The zero-order valence-electron chi connectivity index (χ0n) is 2.43. The molecule has 0 aliphatic carbocycles. The molecule has 0 rings (SSSR count). The summed E-state index contributed by atoms with van der Waals surface area (Å²) in [7, 11) is 2.74. The molecule has 3 radical (unpaired) electrons. The molecule has 1 unspecified atom stereocenters. The highest BCUT2D eigenvalue weighted by atomic mass is 32.2. The maximum absolute atomic E-state index is 9.32. The third-order valence-electron chi connectivity index (χ3n) is 0.118. The Labute approximate surface area is 36.3 Å². The van der Waals surface area contributed by atoms with Gasteiger partial charge in [0.15, 0.2) is 0 Å². The van der Waals surface area contributed by atoms with Crippen molar-refractivity contribution < 1.29 is 8.76 Å². The van der Waals surface area contributed by atoms with E-state index in [1.807, 2.05) is 0 Å². The normalized spacial score (nSPS) is 14.8. The summed E-state index contributed by atoms with van der Waals surface area (Å²) < 4.78 is 18.6. The van der Waals surface area contributed by atoms with Gasteiger partial charge in [0.05, 0.1) is 0 Å². The third kappa shape index (κ3) is 4.33. The molecule has 0 aliphatic rings. The summed E-state index contributed by atoms with van der Waals surface area (Å²) >= 11 is -1.91. The maximum Gasteiger partial charge on any atom is 0.0387 e. The van der Waals surface area contributed by atoms with Gasteiger partial charge in [0, 0.05) is 10.2 Å². The molecule has 0 bridgehead atoms. The van der Waals surface area contributed by atoms with E-state index in [2.05, 4.69) is 10.2 Å². The van der Waals surface area contributed by atoms with E-state index in [4.69, 9.17) is 0 Å². The van der Waals surface area contributed by atoms with E-state index < -0.39 is 11.1 Å². The van der Waals surface area contributed by atoms with Crippen LogP contribution in [-0.2, 0) is 11.1 Å². The van der Waals surface area contributed by atoms with Gasteiger partial charge >= 0.3 is 0 Å². The molecule has 0 amide bonds. The van der Waals surface area contributed by atoms with Crippen LogP contribution in [0.2, 0.25) is 0 Å². The first-order valence-electron chi connectivity index (χ1n) is 0.976. The zero-order chi connectivity index (χ0) is 4.28. The van der Waals surface area contributed by atoms with Crippen LogP contribution in [0.25, 0.3) is 0 Å². The van der Waals surface area contributed by atoms with Crippen molar-refractivity contribution in [3.63, 3.8) is 0 Å². The smallest absolute Gasteiger partial charge is 0.0387 e. The predicted molar refractivity (Wildman–Crippen MR) is 19.5 cm³/mol. The zero-order valence-corrected chi connectivity index (χ0v) is 4.25. The van der Waals surface area contributed by atoms with Crippen molar-refractivity contribution in [2.45, 2.75) is 0 Å². The molecule has 5 heavy (non-hydrogen) atoms. The molecule has 4 heteroatoms. The molecule has 29 valence electrons. The van der Waals surface area contributed by atoms with Gasteiger partial charge < -0.3 is 4.55 Å². The average molecular weight is 106 g/mol. The molecule has 0 fully saturated rings. The molecule has 0 spiro atoms. The molecule has 0 aliphatic heterocycles. The van der Waals surface area contributed by atoms with Gasteiger partial charge in [-0.05, 0) is 5.38 Å². The minimum Gasteiger partial charge on any atom is -0.773 e. The largest absolute Gasteiger partial charge is 0.773 e. The first kappa shape index (κ1) is 5.33. The molecule has 0 heterocycles. The Morgan fingerprint density at radius 1 is 2.00 bits per heavy atom. The summed E-state index contributed by atoms with van der Waals surface area (Å²) in [6, 6.07) is 0. The minimum atomic E-state index is -1.91. The molecule has 0 aromatic rings. The summed E-state index contributed by atoms with van der Waals surface area (Å²) in [5.74, 6) is 0. The van der Waals surface area contributed by atoms with Crippen molar-refractivity contribution in [2.75, 3.05) is 5.38 Å². The Morgan fingerprint density at radius 2 is 2.20 bits per heavy atom. The van der Waals surface area contributed by atoms with Gasteiger partial charge in [-0.1, -0.05) is 11.1 Å². The fraction of sp³-hybridized carbons (Fsp3) is 1.00.